The average Bonchev–Trinajstić information content (AvgIpc) is 3.95. The standard InChI is InChI=1S/C67H50O/c1-66(2)59-38-48(42-15-7-5-8-16-42)25-30-53(59)55-32-27-51(40-61(55)66)65(52-28-33-56-54-31-26-49(43-17-9-6-10-18-43)39-60(54)67(3,4)62(56)41-52)50-22-14-21-46(36-50)44-19-13-20-45(35-44)47-29-34-64-58(37-47)57-23-11-12-24-63(57)68-64/h5-41,65H,1-4H3. The molecule has 0 amide bonds. The molecule has 11 aromatic rings. The van der Waals surface area contributed by atoms with Crippen LogP contribution in [0.2, 0.25) is 0 Å². The van der Waals surface area contributed by atoms with Crippen LogP contribution in [0.1, 0.15) is 72.6 Å². The van der Waals surface area contributed by atoms with Gasteiger partial charge in [0.2, 0.25) is 0 Å². The van der Waals surface area contributed by atoms with Crippen molar-refractivity contribution < 1.29 is 4.42 Å². The van der Waals surface area contributed by atoms with Gasteiger partial charge in [0.15, 0.2) is 0 Å². The molecule has 0 saturated heterocycles. The molecule has 0 atom stereocenters. The quantitative estimate of drug-likeness (QED) is 0.145. The van der Waals surface area contributed by atoms with E-state index < -0.39 is 0 Å². The average molecular weight is 871 g/mol. The first-order valence-corrected chi connectivity index (χ1v) is 24.0. The molecule has 0 spiro atoms. The van der Waals surface area contributed by atoms with Crippen LogP contribution in [-0.2, 0) is 10.8 Å². The molecule has 0 bridgehead atoms. The van der Waals surface area contributed by atoms with Gasteiger partial charge in [0.1, 0.15) is 11.2 Å². The highest BCUT2D eigenvalue weighted by atomic mass is 16.3. The smallest absolute Gasteiger partial charge is 0.135 e. The first kappa shape index (κ1) is 40.3. The fourth-order valence-electron chi connectivity index (χ4n) is 11.7. The number of benzene rings is 10. The minimum absolute atomic E-state index is 0.00991. The zero-order valence-corrected chi connectivity index (χ0v) is 38.8. The topological polar surface area (TPSA) is 13.1 Å². The largest absolute Gasteiger partial charge is 0.456 e. The number of rotatable bonds is 7. The van der Waals surface area contributed by atoms with Crippen molar-refractivity contribution in [2.45, 2.75) is 44.4 Å². The van der Waals surface area contributed by atoms with Crippen LogP contribution in [0.3, 0.4) is 0 Å². The lowest BCUT2D eigenvalue weighted by atomic mass is 9.76. The highest BCUT2D eigenvalue weighted by Crippen LogP contribution is 2.53. The van der Waals surface area contributed by atoms with Crippen molar-refractivity contribution in [3.8, 4) is 66.8 Å². The van der Waals surface area contributed by atoms with Crippen molar-refractivity contribution in [1.29, 1.82) is 0 Å². The summed E-state index contributed by atoms with van der Waals surface area (Å²) in [6, 6.07) is 83.6. The molecule has 1 nitrogen and oxygen atoms in total. The number of para-hydroxylation sites is 1. The third-order valence-corrected chi connectivity index (χ3v) is 15.4. The van der Waals surface area contributed by atoms with Gasteiger partial charge >= 0.3 is 0 Å². The van der Waals surface area contributed by atoms with E-state index >= 15 is 0 Å². The van der Waals surface area contributed by atoms with Gasteiger partial charge in [-0.1, -0.05) is 216 Å². The zero-order chi connectivity index (χ0) is 45.7. The van der Waals surface area contributed by atoms with Crippen molar-refractivity contribution >= 4 is 21.9 Å². The molecule has 13 rings (SSSR count). The number of hydrogen-bond donors (Lipinski definition) is 0. The van der Waals surface area contributed by atoms with Crippen LogP contribution in [0.4, 0.5) is 0 Å². The number of furan rings is 1. The molecule has 10 aromatic carbocycles. The number of fused-ring (bicyclic) bond motifs is 9. The van der Waals surface area contributed by atoms with E-state index in [1.54, 1.807) is 0 Å². The van der Waals surface area contributed by atoms with Crippen LogP contribution in [0, 0.1) is 0 Å². The molecule has 1 heteroatoms. The second-order valence-electron chi connectivity index (χ2n) is 20.1. The van der Waals surface area contributed by atoms with Gasteiger partial charge in [-0.05, 0) is 142 Å². The molecular formula is C67H50O. The number of hydrogen-bond acceptors (Lipinski definition) is 1. The Labute approximate surface area is 399 Å². The lowest BCUT2D eigenvalue weighted by Gasteiger charge is -2.27. The molecule has 0 saturated carbocycles. The van der Waals surface area contributed by atoms with Crippen molar-refractivity contribution in [3.63, 3.8) is 0 Å². The molecule has 1 aromatic heterocycles. The van der Waals surface area contributed by atoms with E-state index in [1.165, 1.54) is 106 Å². The second-order valence-corrected chi connectivity index (χ2v) is 20.1. The maximum atomic E-state index is 6.19. The Hall–Kier alpha value is -8.00. The monoisotopic (exact) mass is 870 g/mol. The summed E-state index contributed by atoms with van der Waals surface area (Å²) in [6.07, 6.45) is 0. The molecule has 0 aliphatic heterocycles. The normalized spacial score (nSPS) is 14.0. The van der Waals surface area contributed by atoms with Crippen LogP contribution < -0.4 is 0 Å². The lowest BCUT2D eigenvalue weighted by molar-refractivity contribution is 0.657. The zero-order valence-electron chi connectivity index (χ0n) is 38.8. The molecule has 0 fully saturated rings. The summed E-state index contributed by atoms with van der Waals surface area (Å²) >= 11 is 0. The van der Waals surface area contributed by atoms with Crippen molar-refractivity contribution in [3.05, 3.63) is 263 Å². The van der Waals surface area contributed by atoms with E-state index in [1.807, 2.05) is 12.1 Å². The van der Waals surface area contributed by atoms with E-state index in [-0.39, 0.29) is 16.7 Å². The van der Waals surface area contributed by atoms with Crippen molar-refractivity contribution in [2.75, 3.05) is 0 Å². The molecule has 324 valence electrons. The van der Waals surface area contributed by atoms with Crippen LogP contribution in [0.15, 0.2) is 229 Å². The lowest BCUT2D eigenvalue weighted by Crippen LogP contribution is -2.17. The summed E-state index contributed by atoms with van der Waals surface area (Å²) < 4.78 is 6.19. The molecule has 0 radical (unpaired) electrons. The van der Waals surface area contributed by atoms with Gasteiger partial charge in [-0.2, -0.15) is 0 Å². The summed E-state index contributed by atoms with van der Waals surface area (Å²) in [6.45, 7) is 9.63. The van der Waals surface area contributed by atoms with Gasteiger partial charge in [-0.15, -0.1) is 0 Å². The van der Waals surface area contributed by atoms with Gasteiger partial charge in [0.25, 0.3) is 0 Å². The van der Waals surface area contributed by atoms with Crippen molar-refractivity contribution in [2.24, 2.45) is 0 Å². The Bertz CT molecular complexity index is 3640. The van der Waals surface area contributed by atoms with E-state index in [4.69, 9.17) is 4.42 Å². The highest BCUT2D eigenvalue weighted by molar-refractivity contribution is 6.06. The van der Waals surface area contributed by atoms with E-state index in [0.717, 1.165) is 21.9 Å². The second kappa shape index (κ2) is 15.3. The highest BCUT2D eigenvalue weighted by Gasteiger charge is 2.39. The SMILES string of the molecule is CC1(C)c2cc(-c3ccccc3)ccc2-c2ccc(C(c3cccc(-c4cccc(-c5ccc6oc7ccccc7c6c5)c4)c3)c3ccc4c(c3)C(C)(C)c3cc(-c5ccccc5)ccc3-4)cc21. The minimum atomic E-state index is -0.178. The summed E-state index contributed by atoms with van der Waals surface area (Å²) in [7, 11) is 0. The fourth-order valence-corrected chi connectivity index (χ4v) is 11.7. The van der Waals surface area contributed by atoms with Gasteiger partial charge in [0.05, 0.1) is 0 Å². The maximum absolute atomic E-state index is 6.19. The summed E-state index contributed by atoms with van der Waals surface area (Å²) in [5, 5.41) is 2.29. The van der Waals surface area contributed by atoms with Gasteiger partial charge in [0, 0.05) is 27.5 Å². The van der Waals surface area contributed by atoms with Crippen LogP contribution in [0.25, 0.3) is 88.7 Å². The summed E-state index contributed by atoms with van der Waals surface area (Å²) in [4.78, 5) is 0. The van der Waals surface area contributed by atoms with Crippen LogP contribution in [-0.4, -0.2) is 0 Å². The Kier molecular flexibility index (Phi) is 9.05. The van der Waals surface area contributed by atoms with Gasteiger partial charge in [-0.25, -0.2) is 0 Å². The molecule has 2 aliphatic carbocycles. The van der Waals surface area contributed by atoms with E-state index in [2.05, 4.69) is 240 Å². The van der Waals surface area contributed by atoms with Gasteiger partial charge < -0.3 is 4.42 Å². The molecule has 0 unspecified atom stereocenters. The maximum Gasteiger partial charge on any atom is 0.135 e. The van der Waals surface area contributed by atoms with Crippen LogP contribution in [0.5, 0.6) is 0 Å². The fraction of sp³-hybridized carbons (Fsp3) is 0.104. The predicted molar refractivity (Wildman–Crippen MR) is 284 cm³/mol. The van der Waals surface area contributed by atoms with E-state index in [9.17, 15) is 0 Å². The molecular weight excluding hydrogens is 821 g/mol. The summed E-state index contributed by atoms with van der Waals surface area (Å²) in [5.41, 5.74) is 26.0. The first-order chi connectivity index (χ1) is 33.2. The van der Waals surface area contributed by atoms with Gasteiger partial charge in [-0.3, -0.25) is 0 Å². The third kappa shape index (κ3) is 6.37. The van der Waals surface area contributed by atoms with Crippen molar-refractivity contribution in [1.82, 2.24) is 0 Å². The summed E-state index contributed by atoms with van der Waals surface area (Å²) in [5.74, 6) is -0.00991. The van der Waals surface area contributed by atoms with E-state index in [0.29, 0.717) is 0 Å². The predicted octanol–water partition coefficient (Wildman–Crippen LogP) is 18.0. The molecule has 1 heterocycles. The minimum Gasteiger partial charge on any atom is -0.456 e. The third-order valence-electron chi connectivity index (χ3n) is 15.4. The Balaban J connectivity index is 0.932. The molecule has 2 aliphatic rings. The Morgan fingerprint density at radius 2 is 0.676 bits per heavy atom. The van der Waals surface area contributed by atoms with Crippen LogP contribution >= 0.6 is 0 Å². The Morgan fingerprint density at radius 3 is 1.25 bits per heavy atom. The first-order valence-electron chi connectivity index (χ1n) is 24.0. The molecule has 68 heavy (non-hydrogen) atoms. The molecule has 0 N–H and O–H groups in total. The Morgan fingerprint density at radius 1 is 0.279 bits per heavy atom.